The minimum Gasteiger partial charge on any atom is -0.385 e. The fourth-order valence-electron chi connectivity index (χ4n) is 2.81. The Labute approximate surface area is 143 Å². The summed E-state index contributed by atoms with van der Waals surface area (Å²) in [5, 5.41) is 3.35. The molecule has 24 heavy (non-hydrogen) atoms. The summed E-state index contributed by atoms with van der Waals surface area (Å²) in [6.07, 6.45) is 0.890. The summed E-state index contributed by atoms with van der Waals surface area (Å²) >= 11 is 0. The third-order valence-corrected chi connectivity index (χ3v) is 3.90. The van der Waals surface area contributed by atoms with Crippen LogP contribution in [0.5, 0.6) is 0 Å². The van der Waals surface area contributed by atoms with Crippen LogP contribution in [0, 0.1) is 5.82 Å². The topological polar surface area (TPSA) is 46.1 Å². The maximum Gasteiger partial charge on any atom is 0.194 e. The molecule has 5 nitrogen and oxygen atoms in total. The Morgan fingerprint density at radius 1 is 1.38 bits per heavy atom. The van der Waals surface area contributed by atoms with E-state index < -0.39 is 0 Å². The highest BCUT2D eigenvalue weighted by molar-refractivity contribution is 5.80. The van der Waals surface area contributed by atoms with Crippen molar-refractivity contribution in [2.75, 3.05) is 39.9 Å². The number of rotatable bonds is 6. The minimum atomic E-state index is -0.229. The molecule has 1 aromatic carbocycles. The molecule has 1 N–H and O–H groups in total. The van der Waals surface area contributed by atoms with Crippen molar-refractivity contribution in [1.29, 1.82) is 0 Å². The summed E-state index contributed by atoms with van der Waals surface area (Å²) in [5.74, 6) is 0.670. The van der Waals surface area contributed by atoms with Gasteiger partial charge in [-0.05, 0) is 38.0 Å². The van der Waals surface area contributed by atoms with Crippen molar-refractivity contribution in [3.8, 4) is 0 Å². The van der Waals surface area contributed by atoms with Gasteiger partial charge in [0.2, 0.25) is 0 Å². The van der Waals surface area contributed by atoms with Crippen LogP contribution in [0.15, 0.2) is 29.3 Å². The van der Waals surface area contributed by atoms with Crippen LogP contribution in [0.2, 0.25) is 0 Å². The van der Waals surface area contributed by atoms with Crippen LogP contribution < -0.4 is 5.32 Å². The molecule has 0 amide bonds. The van der Waals surface area contributed by atoms with Crippen molar-refractivity contribution in [3.05, 3.63) is 35.6 Å². The molecule has 0 radical (unpaired) electrons. The van der Waals surface area contributed by atoms with E-state index in [0.717, 1.165) is 37.6 Å². The van der Waals surface area contributed by atoms with Crippen molar-refractivity contribution in [2.45, 2.75) is 32.5 Å². The average molecular weight is 337 g/mol. The standard InChI is InChI=1S/C18H28FN3O2/c1-4-20-18(21-10-5-11-23-3)22-12-14(2)24-17(13-22)15-6-8-16(19)9-7-15/h6-9,14,17H,4-5,10-13H2,1-3H3,(H,20,21). The molecule has 2 rings (SSSR count). The Kier molecular flexibility index (Phi) is 7.46. The molecule has 1 aromatic rings. The van der Waals surface area contributed by atoms with Crippen LogP contribution in [0.3, 0.4) is 0 Å². The summed E-state index contributed by atoms with van der Waals surface area (Å²) in [7, 11) is 1.70. The van der Waals surface area contributed by atoms with Crippen LogP contribution >= 0.6 is 0 Å². The molecule has 1 fully saturated rings. The molecule has 2 unspecified atom stereocenters. The highest BCUT2D eigenvalue weighted by atomic mass is 19.1. The van der Waals surface area contributed by atoms with E-state index in [-0.39, 0.29) is 18.0 Å². The van der Waals surface area contributed by atoms with Gasteiger partial charge in [-0.3, -0.25) is 4.99 Å². The predicted molar refractivity (Wildman–Crippen MR) is 93.7 cm³/mol. The van der Waals surface area contributed by atoms with Crippen molar-refractivity contribution in [1.82, 2.24) is 10.2 Å². The lowest BCUT2D eigenvalue weighted by Crippen LogP contribution is -2.50. The first-order valence-corrected chi connectivity index (χ1v) is 8.57. The number of methoxy groups -OCH3 is 1. The van der Waals surface area contributed by atoms with Gasteiger partial charge in [-0.25, -0.2) is 4.39 Å². The Morgan fingerprint density at radius 2 is 2.12 bits per heavy atom. The first kappa shape index (κ1) is 18.7. The Balaban J connectivity index is 2.07. The zero-order chi connectivity index (χ0) is 17.4. The van der Waals surface area contributed by atoms with Gasteiger partial charge in [-0.1, -0.05) is 12.1 Å². The molecule has 0 aromatic heterocycles. The van der Waals surface area contributed by atoms with Crippen LogP contribution in [-0.4, -0.2) is 56.9 Å². The highest BCUT2D eigenvalue weighted by Crippen LogP contribution is 2.25. The van der Waals surface area contributed by atoms with E-state index >= 15 is 0 Å². The number of benzene rings is 1. The molecule has 1 heterocycles. The normalized spacial score (nSPS) is 21.8. The Bertz CT molecular complexity index is 522. The summed E-state index contributed by atoms with van der Waals surface area (Å²) in [6.45, 7) is 7.85. The second-order valence-corrected chi connectivity index (χ2v) is 5.97. The first-order chi connectivity index (χ1) is 11.6. The smallest absolute Gasteiger partial charge is 0.194 e. The third kappa shape index (κ3) is 5.46. The second-order valence-electron chi connectivity index (χ2n) is 5.97. The fourth-order valence-corrected chi connectivity index (χ4v) is 2.81. The van der Waals surface area contributed by atoms with Gasteiger partial charge in [0.15, 0.2) is 5.96 Å². The largest absolute Gasteiger partial charge is 0.385 e. The van der Waals surface area contributed by atoms with E-state index in [1.165, 1.54) is 12.1 Å². The molecule has 0 saturated carbocycles. The SMILES string of the molecule is CCNC(=NCCCOC)N1CC(C)OC(c2ccc(F)cc2)C1. The zero-order valence-electron chi connectivity index (χ0n) is 14.8. The molecule has 6 heteroatoms. The monoisotopic (exact) mass is 337 g/mol. The molecule has 1 saturated heterocycles. The number of morpholine rings is 1. The average Bonchev–Trinajstić information content (AvgIpc) is 2.58. The molecule has 1 aliphatic rings. The van der Waals surface area contributed by atoms with Crippen LogP contribution in [0.4, 0.5) is 4.39 Å². The lowest BCUT2D eigenvalue weighted by Gasteiger charge is -2.38. The van der Waals surface area contributed by atoms with Gasteiger partial charge in [0.05, 0.1) is 12.6 Å². The van der Waals surface area contributed by atoms with Gasteiger partial charge in [0, 0.05) is 33.4 Å². The molecule has 0 spiro atoms. The lowest BCUT2D eigenvalue weighted by atomic mass is 10.1. The number of nitrogens with zero attached hydrogens (tertiary/aromatic N) is 2. The second kappa shape index (κ2) is 9.59. The lowest BCUT2D eigenvalue weighted by molar-refractivity contribution is -0.0605. The van der Waals surface area contributed by atoms with Crippen molar-refractivity contribution in [3.63, 3.8) is 0 Å². The van der Waals surface area contributed by atoms with Gasteiger partial charge in [0.1, 0.15) is 11.9 Å². The quantitative estimate of drug-likeness (QED) is 0.492. The van der Waals surface area contributed by atoms with Gasteiger partial charge in [-0.15, -0.1) is 0 Å². The number of aliphatic imine (C=N–C) groups is 1. The molecular weight excluding hydrogens is 309 g/mol. The number of hydrogen-bond acceptors (Lipinski definition) is 3. The number of hydrogen-bond donors (Lipinski definition) is 1. The van der Waals surface area contributed by atoms with E-state index in [2.05, 4.69) is 29.1 Å². The summed E-state index contributed by atoms with van der Waals surface area (Å²) in [4.78, 5) is 6.91. The zero-order valence-corrected chi connectivity index (χ0v) is 14.8. The minimum absolute atomic E-state index is 0.0802. The molecule has 0 aliphatic carbocycles. The first-order valence-electron chi connectivity index (χ1n) is 8.57. The van der Waals surface area contributed by atoms with E-state index in [9.17, 15) is 4.39 Å². The van der Waals surface area contributed by atoms with Crippen LogP contribution in [-0.2, 0) is 9.47 Å². The van der Waals surface area contributed by atoms with Gasteiger partial charge in [0.25, 0.3) is 0 Å². The van der Waals surface area contributed by atoms with E-state index in [1.807, 2.05) is 0 Å². The van der Waals surface area contributed by atoms with Gasteiger partial charge >= 0.3 is 0 Å². The summed E-state index contributed by atoms with van der Waals surface area (Å²) in [6, 6.07) is 6.54. The third-order valence-electron chi connectivity index (χ3n) is 3.90. The Morgan fingerprint density at radius 3 is 2.79 bits per heavy atom. The van der Waals surface area contributed by atoms with Crippen molar-refractivity contribution in [2.24, 2.45) is 4.99 Å². The predicted octanol–water partition coefficient (Wildman–Crippen LogP) is 2.59. The fraction of sp³-hybridized carbons (Fsp3) is 0.611. The molecule has 2 atom stereocenters. The number of halogens is 1. The van der Waals surface area contributed by atoms with Crippen molar-refractivity contribution < 1.29 is 13.9 Å². The van der Waals surface area contributed by atoms with Crippen molar-refractivity contribution >= 4 is 5.96 Å². The summed E-state index contributed by atoms with van der Waals surface area (Å²) < 4.78 is 24.3. The number of guanidine groups is 1. The maximum atomic E-state index is 13.1. The van der Waals surface area contributed by atoms with Crippen LogP contribution in [0.1, 0.15) is 31.9 Å². The van der Waals surface area contributed by atoms with Gasteiger partial charge in [-0.2, -0.15) is 0 Å². The maximum absolute atomic E-state index is 13.1. The van der Waals surface area contributed by atoms with Crippen LogP contribution in [0.25, 0.3) is 0 Å². The molecule has 134 valence electrons. The number of ether oxygens (including phenoxy) is 2. The molecule has 1 aliphatic heterocycles. The molecular formula is C18H28FN3O2. The summed E-state index contributed by atoms with van der Waals surface area (Å²) in [5.41, 5.74) is 0.989. The molecule has 0 bridgehead atoms. The van der Waals surface area contributed by atoms with E-state index in [0.29, 0.717) is 13.2 Å². The number of nitrogens with one attached hydrogen (secondary N) is 1. The highest BCUT2D eigenvalue weighted by Gasteiger charge is 2.28. The van der Waals surface area contributed by atoms with E-state index in [4.69, 9.17) is 9.47 Å². The van der Waals surface area contributed by atoms with Gasteiger partial charge < -0.3 is 19.7 Å². The Hall–Kier alpha value is -1.66. The van der Waals surface area contributed by atoms with E-state index in [1.54, 1.807) is 19.2 Å².